The van der Waals surface area contributed by atoms with Crippen molar-refractivity contribution in [2.24, 2.45) is 0 Å². The van der Waals surface area contributed by atoms with Gasteiger partial charge in [-0.2, -0.15) is 0 Å². The van der Waals surface area contributed by atoms with Gasteiger partial charge in [0.05, 0.1) is 12.1 Å². The number of halogens is 1. The Morgan fingerprint density at radius 3 is 2.82 bits per heavy atom. The predicted octanol–water partition coefficient (Wildman–Crippen LogP) is 3.95. The highest BCUT2D eigenvalue weighted by molar-refractivity contribution is 7.12. The van der Waals surface area contributed by atoms with Crippen LogP contribution in [-0.2, 0) is 0 Å². The maximum absolute atomic E-state index is 12.3. The number of rotatable bonds is 3. The van der Waals surface area contributed by atoms with Crippen LogP contribution in [0.1, 0.15) is 20.8 Å². The van der Waals surface area contributed by atoms with E-state index in [0.717, 1.165) is 5.56 Å². The van der Waals surface area contributed by atoms with Crippen LogP contribution >= 0.6 is 22.9 Å². The van der Waals surface area contributed by atoms with E-state index in [-0.39, 0.29) is 5.78 Å². The highest BCUT2D eigenvalue weighted by atomic mass is 35.5. The second-order valence-corrected chi connectivity index (χ2v) is 4.88. The van der Waals surface area contributed by atoms with Crippen LogP contribution in [0.15, 0.2) is 29.6 Å². The average molecular weight is 267 g/mol. The third-order valence-electron chi connectivity index (χ3n) is 2.49. The number of carbonyl (C=O) groups is 1. The molecule has 2 aromatic rings. The number of thiophene rings is 1. The van der Waals surface area contributed by atoms with E-state index in [1.807, 2.05) is 24.4 Å². The molecule has 0 saturated carbocycles. The largest absolute Gasteiger partial charge is 0.495 e. The van der Waals surface area contributed by atoms with Gasteiger partial charge in [-0.05, 0) is 30.0 Å². The Morgan fingerprint density at radius 2 is 2.12 bits per heavy atom. The van der Waals surface area contributed by atoms with Gasteiger partial charge in [0.1, 0.15) is 10.6 Å². The Hall–Kier alpha value is -1.32. The predicted molar refractivity (Wildman–Crippen MR) is 70.5 cm³/mol. The Bertz CT molecular complexity index is 560. The summed E-state index contributed by atoms with van der Waals surface area (Å²) in [4.78, 5) is 12.9. The number of hydrogen-bond acceptors (Lipinski definition) is 3. The maximum atomic E-state index is 12.3. The molecule has 0 bridgehead atoms. The molecule has 1 heterocycles. The van der Waals surface area contributed by atoms with E-state index in [0.29, 0.717) is 21.2 Å². The molecule has 0 atom stereocenters. The molecule has 88 valence electrons. The first-order valence-corrected chi connectivity index (χ1v) is 6.32. The van der Waals surface area contributed by atoms with Crippen LogP contribution in [0, 0.1) is 6.92 Å². The van der Waals surface area contributed by atoms with Crippen LogP contribution in [0.25, 0.3) is 0 Å². The number of methoxy groups -OCH3 is 1. The topological polar surface area (TPSA) is 26.3 Å². The van der Waals surface area contributed by atoms with Crippen LogP contribution < -0.4 is 4.74 Å². The zero-order valence-corrected chi connectivity index (χ0v) is 11.1. The lowest BCUT2D eigenvalue weighted by Gasteiger charge is -2.06. The first kappa shape index (κ1) is 12.1. The maximum Gasteiger partial charge on any atom is 0.208 e. The van der Waals surface area contributed by atoms with Crippen LogP contribution in [0.4, 0.5) is 0 Å². The summed E-state index contributed by atoms with van der Waals surface area (Å²) >= 11 is 7.50. The minimum absolute atomic E-state index is 0.0921. The molecular formula is C13H11ClO2S. The second-order valence-electron chi connectivity index (χ2n) is 3.58. The van der Waals surface area contributed by atoms with Crippen molar-refractivity contribution in [2.45, 2.75) is 6.92 Å². The summed E-state index contributed by atoms with van der Waals surface area (Å²) in [6.45, 7) is 1.88. The van der Waals surface area contributed by atoms with Crippen LogP contribution in [0.5, 0.6) is 5.75 Å². The molecule has 2 rings (SSSR count). The lowest BCUT2D eigenvalue weighted by atomic mass is 10.1. The van der Waals surface area contributed by atoms with Crippen LogP contribution in [-0.4, -0.2) is 12.9 Å². The highest BCUT2D eigenvalue weighted by Gasteiger charge is 2.18. The molecule has 0 amide bonds. The Balaban J connectivity index is 2.48. The van der Waals surface area contributed by atoms with Crippen molar-refractivity contribution in [3.63, 3.8) is 0 Å². The third kappa shape index (κ3) is 2.21. The molecule has 17 heavy (non-hydrogen) atoms. The monoisotopic (exact) mass is 266 g/mol. The van der Waals surface area contributed by atoms with Gasteiger partial charge < -0.3 is 4.74 Å². The molecule has 0 saturated heterocycles. The minimum atomic E-state index is -0.0921. The van der Waals surface area contributed by atoms with Gasteiger partial charge in [-0.25, -0.2) is 0 Å². The molecule has 1 aromatic carbocycles. The Labute approximate surface area is 109 Å². The number of ketones is 1. The standard InChI is InChI=1S/C13H11ClO2S/c1-8-4-3-5-9(11(8)14)12(15)13-10(16-2)6-7-17-13/h3-7H,1-2H3. The van der Waals surface area contributed by atoms with Gasteiger partial charge in [-0.15, -0.1) is 11.3 Å². The van der Waals surface area contributed by atoms with Gasteiger partial charge in [0.2, 0.25) is 5.78 Å². The van der Waals surface area contributed by atoms with Crippen molar-refractivity contribution >= 4 is 28.7 Å². The van der Waals surface area contributed by atoms with Gasteiger partial charge >= 0.3 is 0 Å². The molecule has 0 spiro atoms. The highest BCUT2D eigenvalue weighted by Crippen LogP contribution is 2.30. The fourth-order valence-corrected chi connectivity index (χ4v) is 2.59. The molecule has 0 unspecified atom stereocenters. The normalized spacial score (nSPS) is 10.3. The quantitative estimate of drug-likeness (QED) is 0.787. The van der Waals surface area contributed by atoms with Crippen molar-refractivity contribution in [3.8, 4) is 5.75 Å². The minimum Gasteiger partial charge on any atom is -0.495 e. The van der Waals surface area contributed by atoms with E-state index in [2.05, 4.69) is 0 Å². The van der Waals surface area contributed by atoms with E-state index in [9.17, 15) is 4.79 Å². The van der Waals surface area contributed by atoms with E-state index in [1.165, 1.54) is 11.3 Å². The SMILES string of the molecule is COc1ccsc1C(=O)c1cccc(C)c1Cl. The summed E-state index contributed by atoms with van der Waals surface area (Å²) in [6.07, 6.45) is 0. The molecule has 2 nitrogen and oxygen atoms in total. The van der Waals surface area contributed by atoms with Gasteiger partial charge in [-0.3, -0.25) is 4.79 Å². The van der Waals surface area contributed by atoms with Gasteiger partial charge in [0.25, 0.3) is 0 Å². The molecular weight excluding hydrogens is 256 g/mol. The van der Waals surface area contributed by atoms with E-state index < -0.39 is 0 Å². The van der Waals surface area contributed by atoms with Gasteiger partial charge in [0.15, 0.2) is 0 Å². The summed E-state index contributed by atoms with van der Waals surface area (Å²) in [6, 6.07) is 7.22. The van der Waals surface area contributed by atoms with Gasteiger partial charge in [-0.1, -0.05) is 23.7 Å². The smallest absolute Gasteiger partial charge is 0.208 e. The zero-order chi connectivity index (χ0) is 12.4. The molecule has 0 aliphatic carbocycles. The molecule has 0 N–H and O–H groups in total. The summed E-state index contributed by atoms with van der Waals surface area (Å²) < 4.78 is 5.14. The Kier molecular flexibility index (Phi) is 3.50. The van der Waals surface area contributed by atoms with E-state index >= 15 is 0 Å². The molecule has 0 radical (unpaired) electrons. The van der Waals surface area contributed by atoms with Crippen molar-refractivity contribution in [1.82, 2.24) is 0 Å². The fraction of sp³-hybridized carbons (Fsp3) is 0.154. The Morgan fingerprint density at radius 1 is 1.35 bits per heavy atom. The molecule has 1 aromatic heterocycles. The lowest BCUT2D eigenvalue weighted by Crippen LogP contribution is -2.02. The van der Waals surface area contributed by atoms with Crippen molar-refractivity contribution in [2.75, 3.05) is 7.11 Å². The number of aryl methyl sites for hydroxylation is 1. The molecule has 0 aliphatic heterocycles. The first-order chi connectivity index (χ1) is 8.15. The van der Waals surface area contributed by atoms with Crippen molar-refractivity contribution in [1.29, 1.82) is 0 Å². The zero-order valence-electron chi connectivity index (χ0n) is 9.49. The van der Waals surface area contributed by atoms with Crippen molar-refractivity contribution < 1.29 is 9.53 Å². The molecule has 0 aliphatic rings. The molecule has 0 fully saturated rings. The summed E-state index contributed by atoms with van der Waals surface area (Å²) in [7, 11) is 1.55. The summed E-state index contributed by atoms with van der Waals surface area (Å²) in [5.41, 5.74) is 1.42. The van der Waals surface area contributed by atoms with Crippen LogP contribution in [0.2, 0.25) is 5.02 Å². The first-order valence-electron chi connectivity index (χ1n) is 5.06. The fourth-order valence-electron chi connectivity index (χ4n) is 1.57. The number of carbonyl (C=O) groups excluding carboxylic acids is 1. The van der Waals surface area contributed by atoms with E-state index in [4.69, 9.17) is 16.3 Å². The van der Waals surface area contributed by atoms with Crippen molar-refractivity contribution in [3.05, 3.63) is 50.7 Å². The number of benzene rings is 1. The third-order valence-corrected chi connectivity index (χ3v) is 3.89. The van der Waals surface area contributed by atoms with E-state index in [1.54, 1.807) is 19.2 Å². The van der Waals surface area contributed by atoms with Gasteiger partial charge in [0, 0.05) is 5.56 Å². The second kappa shape index (κ2) is 4.90. The number of ether oxygens (including phenoxy) is 1. The summed E-state index contributed by atoms with van der Waals surface area (Å²) in [5, 5.41) is 2.34. The number of hydrogen-bond donors (Lipinski definition) is 0. The molecule has 4 heteroatoms. The summed E-state index contributed by atoms with van der Waals surface area (Å²) in [5.74, 6) is 0.503. The average Bonchev–Trinajstić information content (AvgIpc) is 2.80. The lowest BCUT2D eigenvalue weighted by molar-refractivity contribution is 0.104. The van der Waals surface area contributed by atoms with Crippen LogP contribution in [0.3, 0.4) is 0 Å².